The molecule has 1 saturated heterocycles. The van der Waals surface area contributed by atoms with Crippen molar-refractivity contribution in [1.29, 1.82) is 0 Å². The molecule has 2 aromatic carbocycles. The maximum absolute atomic E-state index is 15.3. The van der Waals surface area contributed by atoms with Crippen molar-refractivity contribution in [1.82, 2.24) is 19.4 Å². The fraction of sp³-hybridized carbons (Fsp3) is 0.281. The molecule has 41 heavy (non-hydrogen) atoms. The van der Waals surface area contributed by atoms with Crippen LogP contribution in [0, 0.1) is 12.4 Å². The van der Waals surface area contributed by atoms with Crippen molar-refractivity contribution >= 4 is 33.2 Å². The highest BCUT2D eigenvalue weighted by Gasteiger charge is 2.20. The molecule has 4 heterocycles. The summed E-state index contributed by atoms with van der Waals surface area (Å²) in [5.41, 5.74) is 4.29. The lowest BCUT2D eigenvalue weighted by Gasteiger charge is -2.36. The third-order valence-corrected chi connectivity index (χ3v) is 7.75. The van der Waals surface area contributed by atoms with Gasteiger partial charge < -0.3 is 14.6 Å². The summed E-state index contributed by atoms with van der Waals surface area (Å²) in [5, 5.41) is 1.58. The van der Waals surface area contributed by atoms with Crippen molar-refractivity contribution in [3.63, 3.8) is 0 Å². The number of aromatic amines is 1. The maximum atomic E-state index is 15.3. The van der Waals surface area contributed by atoms with Crippen molar-refractivity contribution < 1.29 is 9.13 Å². The molecule has 0 radical (unpaired) electrons. The number of pyridine rings is 2. The number of ether oxygens (including phenoxy) is 1. The highest BCUT2D eigenvalue weighted by molar-refractivity contribution is 5.86. The zero-order valence-corrected chi connectivity index (χ0v) is 22.9. The van der Waals surface area contributed by atoms with Gasteiger partial charge in [-0.3, -0.25) is 14.3 Å². The predicted octanol–water partition coefficient (Wildman–Crippen LogP) is 5.71. The van der Waals surface area contributed by atoms with Crippen LogP contribution in [-0.2, 0) is 6.42 Å². The van der Waals surface area contributed by atoms with Crippen molar-refractivity contribution in [2.75, 3.05) is 44.2 Å². The summed E-state index contributed by atoms with van der Waals surface area (Å²) >= 11 is 0. The first kappa shape index (κ1) is 26.5. The van der Waals surface area contributed by atoms with Gasteiger partial charge in [-0.05, 0) is 73.7 Å². The van der Waals surface area contributed by atoms with Crippen LogP contribution in [0.2, 0.25) is 0 Å². The second kappa shape index (κ2) is 11.4. The topological polar surface area (TPSA) is 70.8 Å². The Kier molecular flexibility index (Phi) is 7.40. The summed E-state index contributed by atoms with van der Waals surface area (Å²) in [6.07, 6.45) is 5.63. The summed E-state index contributed by atoms with van der Waals surface area (Å²) in [5.74, 6) is 0.129. The Hall–Kier alpha value is -4.68. The van der Waals surface area contributed by atoms with E-state index in [2.05, 4.69) is 24.6 Å². The molecule has 0 atom stereocenters. The molecule has 0 aliphatic carbocycles. The fourth-order valence-corrected chi connectivity index (χ4v) is 5.59. The normalized spacial score (nSPS) is 14.0. The third-order valence-electron chi connectivity index (χ3n) is 7.75. The number of nitrogens with zero attached hydrogens (tertiary/aromatic N) is 5. The number of anilines is 1. The Balaban J connectivity index is 1.07. The molecule has 0 saturated carbocycles. The number of hydrogen-bond acceptors (Lipinski definition) is 5. The number of H-pyrrole nitrogens is 1. The van der Waals surface area contributed by atoms with E-state index in [1.54, 1.807) is 36.5 Å². The number of benzene rings is 2. The first-order valence-electron chi connectivity index (χ1n) is 13.9. The molecule has 0 amide bonds. The average molecular weight is 551 g/mol. The lowest BCUT2D eigenvalue weighted by atomic mass is 10.1. The summed E-state index contributed by atoms with van der Waals surface area (Å²) < 4.78 is 22.2. The molecule has 208 valence electrons. The van der Waals surface area contributed by atoms with Gasteiger partial charge in [0.05, 0.1) is 35.5 Å². The third kappa shape index (κ3) is 5.39. The van der Waals surface area contributed by atoms with Gasteiger partial charge in [0.1, 0.15) is 5.82 Å². The van der Waals surface area contributed by atoms with Gasteiger partial charge in [0.2, 0.25) is 5.88 Å². The van der Waals surface area contributed by atoms with Crippen LogP contribution >= 0.6 is 0 Å². The van der Waals surface area contributed by atoms with Gasteiger partial charge in [0.15, 0.2) is 5.69 Å². The number of hydrogen-bond donors (Lipinski definition) is 1. The minimum atomic E-state index is -0.342. The Morgan fingerprint density at radius 1 is 1.05 bits per heavy atom. The molecule has 1 N–H and O–H groups in total. The number of rotatable bonds is 8. The lowest BCUT2D eigenvalue weighted by Crippen LogP contribution is -2.47. The van der Waals surface area contributed by atoms with E-state index in [-0.39, 0.29) is 11.4 Å². The smallest absolute Gasteiger partial charge is 0.264 e. The minimum Gasteiger partial charge on any atom is -0.478 e. The first-order valence-corrected chi connectivity index (χ1v) is 13.9. The highest BCUT2D eigenvalue weighted by Crippen LogP contribution is 2.26. The van der Waals surface area contributed by atoms with E-state index in [4.69, 9.17) is 11.3 Å². The average Bonchev–Trinajstić information content (AvgIpc) is 3.40. The van der Waals surface area contributed by atoms with Crippen molar-refractivity contribution in [2.45, 2.75) is 19.8 Å². The van der Waals surface area contributed by atoms with E-state index in [0.29, 0.717) is 40.5 Å². The van der Waals surface area contributed by atoms with Crippen LogP contribution < -0.4 is 15.2 Å². The Bertz CT molecular complexity index is 1810. The molecule has 1 aliphatic heterocycles. The molecule has 8 nitrogen and oxygen atoms in total. The van der Waals surface area contributed by atoms with E-state index < -0.39 is 0 Å². The maximum Gasteiger partial charge on any atom is 0.264 e. The Morgan fingerprint density at radius 2 is 1.90 bits per heavy atom. The molecule has 0 spiro atoms. The molecular weight excluding hydrogens is 519 g/mol. The summed E-state index contributed by atoms with van der Waals surface area (Å²) in [6, 6.07) is 15.9. The zero-order chi connectivity index (χ0) is 28.3. The first-order chi connectivity index (χ1) is 20.0. The van der Waals surface area contributed by atoms with Gasteiger partial charge in [0, 0.05) is 56.2 Å². The minimum absolute atomic E-state index is 0.252. The van der Waals surface area contributed by atoms with E-state index in [1.165, 1.54) is 16.2 Å². The van der Waals surface area contributed by atoms with E-state index >= 15 is 4.39 Å². The van der Waals surface area contributed by atoms with Gasteiger partial charge in [-0.2, -0.15) is 0 Å². The number of piperazine rings is 1. The van der Waals surface area contributed by atoms with E-state index in [1.807, 2.05) is 31.3 Å². The van der Waals surface area contributed by atoms with Crippen LogP contribution in [0.15, 0.2) is 71.8 Å². The molecule has 1 aliphatic rings. The Labute approximate surface area is 237 Å². The van der Waals surface area contributed by atoms with E-state index in [0.717, 1.165) is 56.5 Å². The Morgan fingerprint density at radius 3 is 2.68 bits per heavy atom. The quantitative estimate of drug-likeness (QED) is 0.251. The summed E-state index contributed by atoms with van der Waals surface area (Å²) in [6.45, 7) is 13.8. The molecule has 0 unspecified atom stereocenters. The number of aromatic nitrogens is 3. The molecule has 9 heteroatoms. The van der Waals surface area contributed by atoms with Crippen molar-refractivity contribution in [3.8, 4) is 11.6 Å². The van der Waals surface area contributed by atoms with Crippen LogP contribution in [0.4, 0.5) is 15.8 Å². The largest absolute Gasteiger partial charge is 0.478 e. The zero-order valence-electron chi connectivity index (χ0n) is 22.9. The van der Waals surface area contributed by atoms with Gasteiger partial charge in [-0.1, -0.05) is 6.07 Å². The van der Waals surface area contributed by atoms with Crippen LogP contribution in [0.3, 0.4) is 0 Å². The van der Waals surface area contributed by atoms with Crippen LogP contribution in [0.1, 0.15) is 18.9 Å². The second-order valence-electron chi connectivity index (χ2n) is 10.2. The van der Waals surface area contributed by atoms with Gasteiger partial charge in [-0.25, -0.2) is 14.2 Å². The van der Waals surface area contributed by atoms with E-state index in [9.17, 15) is 4.79 Å². The second-order valence-corrected chi connectivity index (χ2v) is 10.2. The molecule has 0 bridgehead atoms. The van der Waals surface area contributed by atoms with Crippen LogP contribution in [0.25, 0.3) is 32.3 Å². The van der Waals surface area contributed by atoms with Crippen molar-refractivity contribution in [2.24, 2.45) is 0 Å². The van der Waals surface area contributed by atoms with Gasteiger partial charge in [0.25, 0.3) is 5.56 Å². The number of nitrogens with one attached hydrogen (secondary N) is 1. The van der Waals surface area contributed by atoms with Gasteiger partial charge in [-0.15, -0.1) is 0 Å². The molecular formula is C32H31FN6O2. The lowest BCUT2D eigenvalue weighted by molar-refractivity contribution is 0.254. The van der Waals surface area contributed by atoms with Crippen LogP contribution in [0.5, 0.6) is 5.88 Å². The number of fused-ring (bicyclic) bond motifs is 2. The number of aryl methyl sites for hydroxylation is 1. The standard InChI is InChI=1S/C32H31FN6O2/c1-3-41-31-11-8-25-29(36-31)12-14-39(32(25)40)24-7-10-30(27(33)20-24)38-17-15-37(16-18-38)13-4-5-22-21-35-28-9-6-23(34-2)19-26(22)28/h6-12,14,19-21,35H,3-5,13,15-18H2,1H3. The summed E-state index contributed by atoms with van der Waals surface area (Å²) in [7, 11) is 0. The monoisotopic (exact) mass is 550 g/mol. The summed E-state index contributed by atoms with van der Waals surface area (Å²) in [4.78, 5) is 28.8. The molecule has 5 aromatic rings. The number of halogens is 1. The predicted molar refractivity (Wildman–Crippen MR) is 160 cm³/mol. The molecule has 6 rings (SSSR count). The molecule has 3 aromatic heterocycles. The highest BCUT2D eigenvalue weighted by atomic mass is 19.1. The van der Waals surface area contributed by atoms with Crippen LogP contribution in [-0.4, -0.2) is 58.8 Å². The van der Waals surface area contributed by atoms with Crippen molar-refractivity contribution in [3.05, 3.63) is 100 Å². The van der Waals surface area contributed by atoms with Gasteiger partial charge >= 0.3 is 0 Å². The SMILES string of the molecule is [C-]#[N+]c1ccc2[nH]cc(CCCN3CCN(c4ccc(-n5ccc6nc(OCC)ccc6c5=O)cc4F)CC3)c2c1. The molecule has 1 fully saturated rings. The fourth-order valence-electron chi connectivity index (χ4n) is 5.59.